The van der Waals surface area contributed by atoms with E-state index in [-0.39, 0.29) is 5.41 Å². The third kappa shape index (κ3) is 1.78. The summed E-state index contributed by atoms with van der Waals surface area (Å²) in [7, 11) is 0. The van der Waals surface area contributed by atoms with E-state index in [9.17, 15) is 0 Å². The van der Waals surface area contributed by atoms with Crippen molar-refractivity contribution < 1.29 is 4.42 Å². The second-order valence-electron chi connectivity index (χ2n) is 6.68. The quantitative estimate of drug-likeness (QED) is 0.414. The Kier molecular flexibility index (Phi) is 2.80. The van der Waals surface area contributed by atoms with Crippen LogP contribution in [0.2, 0.25) is 0 Å². The molecule has 0 bridgehead atoms. The van der Waals surface area contributed by atoms with Crippen molar-refractivity contribution in [3.05, 3.63) is 60.2 Å². The number of benzene rings is 3. The van der Waals surface area contributed by atoms with E-state index in [1.165, 1.54) is 27.1 Å². The molecule has 0 aliphatic carbocycles. The van der Waals surface area contributed by atoms with E-state index >= 15 is 0 Å². The van der Waals surface area contributed by atoms with Gasteiger partial charge in [0.2, 0.25) is 0 Å². The van der Waals surface area contributed by atoms with Crippen LogP contribution in [0.15, 0.2) is 59.0 Å². The number of hydrogen-bond acceptors (Lipinski definition) is 1. The molecule has 0 atom stereocenters. The number of rotatable bonds is 2. The van der Waals surface area contributed by atoms with Crippen LogP contribution < -0.4 is 0 Å². The second-order valence-corrected chi connectivity index (χ2v) is 6.68. The van der Waals surface area contributed by atoms with E-state index in [2.05, 4.69) is 75.4 Å². The monoisotopic (exact) mass is 288 g/mol. The normalized spacial score (nSPS) is 12.5. The maximum atomic E-state index is 6.25. The van der Waals surface area contributed by atoms with Gasteiger partial charge in [0, 0.05) is 16.2 Å². The van der Waals surface area contributed by atoms with Crippen LogP contribution in [0.5, 0.6) is 0 Å². The van der Waals surface area contributed by atoms with Crippen molar-refractivity contribution in [2.75, 3.05) is 0 Å². The van der Waals surface area contributed by atoms with Crippen molar-refractivity contribution >= 4 is 32.7 Å². The Labute approximate surface area is 130 Å². The van der Waals surface area contributed by atoms with Gasteiger partial charge in [-0.25, -0.2) is 0 Å². The first kappa shape index (κ1) is 13.4. The number of furan rings is 1. The molecule has 1 heterocycles. The highest BCUT2D eigenvalue weighted by molar-refractivity contribution is 6.16. The van der Waals surface area contributed by atoms with Crippen LogP contribution >= 0.6 is 0 Å². The molecule has 0 amide bonds. The summed E-state index contributed by atoms with van der Waals surface area (Å²) in [6.45, 7) is 6.86. The fourth-order valence-corrected chi connectivity index (χ4v) is 3.31. The van der Waals surface area contributed by atoms with E-state index in [1.807, 2.05) is 0 Å². The molecule has 0 spiro atoms. The largest absolute Gasteiger partial charge is 0.455 e. The number of fused-ring (bicyclic) bond motifs is 5. The molecular weight excluding hydrogens is 268 g/mol. The lowest BCUT2D eigenvalue weighted by molar-refractivity contribution is 0.510. The fourth-order valence-electron chi connectivity index (χ4n) is 3.31. The van der Waals surface area contributed by atoms with E-state index in [1.54, 1.807) is 0 Å². The third-order valence-electron chi connectivity index (χ3n) is 5.00. The van der Waals surface area contributed by atoms with E-state index in [0.717, 1.165) is 17.6 Å². The number of hydrogen-bond donors (Lipinski definition) is 0. The van der Waals surface area contributed by atoms with Crippen molar-refractivity contribution in [2.45, 2.75) is 32.6 Å². The molecule has 4 aromatic rings. The highest BCUT2D eigenvalue weighted by Crippen LogP contribution is 2.40. The summed E-state index contributed by atoms with van der Waals surface area (Å²) < 4.78 is 6.25. The summed E-state index contributed by atoms with van der Waals surface area (Å²) in [6, 6.07) is 19.3. The molecule has 3 aromatic carbocycles. The van der Waals surface area contributed by atoms with Crippen LogP contribution in [0.3, 0.4) is 0 Å². The van der Waals surface area contributed by atoms with Crippen LogP contribution in [0, 0.1) is 0 Å². The first-order valence-electron chi connectivity index (χ1n) is 7.95. The van der Waals surface area contributed by atoms with Gasteiger partial charge >= 0.3 is 0 Å². The van der Waals surface area contributed by atoms with Crippen LogP contribution in [0.4, 0.5) is 0 Å². The minimum atomic E-state index is 0.141. The molecule has 1 heteroatoms. The zero-order valence-corrected chi connectivity index (χ0v) is 13.3. The maximum Gasteiger partial charge on any atom is 0.143 e. The molecule has 110 valence electrons. The van der Waals surface area contributed by atoms with Gasteiger partial charge in [0.05, 0.1) is 0 Å². The summed E-state index contributed by atoms with van der Waals surface area (Å²) in [6.07, 6.45) is 1.10. The van der Waals surface area contributed by atoms with Crippen molar-refractivity contribution in [1.29, 1.82) is 0 Å². The Morgan fingerprint density at radius 1 is 0.864 bits per heavy atom. The highest BCUT2D eigenvalue weighted by Gasteiger charge is 2.23. The van der Waals surface area contributed by atoms with Crippen molar-refractivity contribution in [2.24, 2.45) is 0 Å². The minimum absolute atomic E-state index is 0.141. The van der Waals surface area contributed by atoms with Gasteiger partial charge in [-0.1, -0.05) is 63.2 Å². The standard InChI is InChI=1S/C21H20O/c1-4-21(2,3)17-10-7-11-18-19(17)16-13-12-14-8-5-6-9-15(14)20(16)22-18/h5-13H,4H2,1-3H3. The van der Waals surface area contributed by atoms with Gasteiger partial charge in [-0.05, 0) is 34.9 Å². The average Bonchev–Trinajstić information content (AvgIpc) is 2.93. The Morgan fingerprint density at radius 3 is 2.50 bits per heavy atom. The summed E-state index contributed by atoms with van der Waals surface area (Å²) in [4.78, 5) is 0. The first-order valence-corrected chi connectivity index (χ1v) is 7.95. The van der Waals surface area contributed by atoms with Crippen molar-refractivity contribution in [3.8, 4) is 0 Å². The summed E-state index contributed by atoms with van der Waals surface area (Å²) in [5, 5.41) is 4.92. The van der Waals surface area contributed by atoms with Gasteiger partial charge in [0.25, 0.3) is 0 Å². The van der Waals surface area contributed by atoms with Crippen LogP contribution in [0.1, 0.15) is 32.8 Å². The van der Waals surface area contributed by atoms with Gasteiger partial charge in [-0.15, -0.1) is 0 Å². The van der Waals surface area contributed by atoms with Crippen molar-refractivity contribution in [3.63, 3.8) is 0 Å². The van der Waals surface area contributed by atoms with Gasteiger partial charge in [-0.2, -0.15) is 0 Å². The molecule has 0 saturated heterocycles. The zero-order valence-electron chi connectivity index (χ0n) is 13.3. The topological polar surface area (TPSA) is 13.1 Å². The zero-order chi connectivity index (χ0) is 15.3. The summed E-state index contributed by atoms with van der Waals surface area (Å²) in [5.41, 5.74) is 3.52. The molecule has 0 aliphatic heterocycles. The third-order valence-corrected chi connectivity index (χ3v) is 5.00. The molecule has 1 nitrogen and oxygen atoms in total. The average molecular weight is 288 g/mol. The Bertz CT molecular complexity index is 989. The molecule has 22 heavy (non-hydrogen) atoms. The van der Waals surface area contributed by atoms with Gasteiger partial charge < -0.3 is 4.42 Å². The Hall–Kier alpha value is -2.28. The molecule has 0 unspecified atom stereocenters. The molecule has 1 aromatic heterocycles. The van der Waals surface area contributed by atoms with Crippen LogP contribution in [-0.4, -0.2) is 0 Å². The molecular formula is C21H20O. The van der Waals surface area contributed by atoms with Gasteiger partial charge in [-0.3, -0.25) is 0 Å². The summed E-state index contributed by atoms with van der Waals surface area (Å²) >= 11 is 0. The lowest BCUT2D eigenvalue weighted by atomic mass is 9.80. The van der Waals surface area contributed by atoms with E-state index < -0.39 is 0 Å². The lowest BCUT2D eigenvalue weighted by Gasteiger charge is -2.24. The Balaban J connectivity index is 2.20. The predicted octanol–water partition coefficient (Wildman–Crippen LogP) is 6.43. The highest BCUT2D eigenvalue weighted by atomic mass is 16.3. The SMILES string of the molecule is CCC(C)(C)c1cccc2oc3c4ccccc4ccc3c12. The first-order chi connectivity index (χ1) is 10.6. The predicted molar refractivity (Wildman–Crippen MR) is 94.5 cm³/mol. The molecule has 0 fully saturated rings. The lowest BCUT2D eigenvalue weighted by Crippen LogP contribution is -2.15. The molecule has 0 radical (unpaired) electrons. The minimum Gasteiger partial charge on any atom is -0.455 e. The Morgan fingerprint density at radius 2 is 1.68 bits per heavy atom. The fraction of sp³-hybridized carbons (Fsp3) is 0.238. The van der Waals surface area contributed by atoms with Crippen LogP contribution in [0.25, 0.3) is 32.7 Å². The summed E-state index contributed by atoms with van der Waals surface area (Å²) in [5.74, 6) is 0. The van der Waals surface area contributed by atoms with Gasteiger partial charge in [0.1, 0.15) is 11.2 Å². The van der Waals surface area contributed by atoms with Gasteiger partial charge in [0.15, 0.2) is 0 Å². The molecule has 0 saturated carbocycles. The van der Waals surface area contributed by atoms with Crippen LogP contribution in [-0.2, 0) is 5.41 Å². The smallest absolute Gasteiger partial charge is 0.143 e. The van der Waals surface area contributed by atoms with E-state index in [0.29, 0.717) is 0 Å². The second kappa shape index (κ2) is 4.61. The molecule has 0 aliphatic rings. The van der Waals surface area contributed by atoms with Crippen molar-refractivity contribution in [1.82, 2.24) is 0 Å². The molecule has 0 N–H and O–H groups in total. The molecule has 4 rings (SSSR count). The van der Waals surface area contributed by atoms with E-state index in [4.69, 9.17) is 4.42 Å². The maximum absolute atomic E-state index is 6.25.